The van der Waals surface area contributed by atoms with E-state index in [9.17, 15) is 9.90 Å². The van der Waals surface area contributed by atoms with E-state index >= 15 is 0 Å². The summed E-state index contributed by atoms with van der Waals surface area (Å²) in [6.45, 7) is 4.38. The molecule has 68 valence electrons. The average molecular weight is 168 g/mol. The van der Waals surface area contributed by atoms with E-state index in [2.05, 4.69) is 13.8 Å². The minimum Gasteiger partial charge on any atom is -0.396 e. The molecule has 0 heterocycles. The van der Waals surface area contributed by atoms with Gasteiger partial charge in [-0.3, -0.25) is 4.79 Å². The minimum atomic E-state index is -0.121. The Morgan fingerprint density at radius 3 is 2.50 bits per heavy atom. The molecule has 0 saturated heterocycles. The molecule has 0 aromatic rings. The van der Waals surface area contributed by atoms with Crippen LogP contribution >= 0.6 is 0 Å². The zero-order valence-electron chi connectivity index (χ0n) is 7.76. The van der Waals surface area contributed by atoms with E-state index in [0.29, 0.717) is 12.2 Å². The average Bonchev–Trinajstić information content (AvgIpc) is 2.35. The summed E-state index contributed by atoms with van der Waals surface area (Å²) in [6, 6.07) is 0. The molecule has 1 unspecified atom stereocenters. The van der Waals surface area contributed by atoms with Crippen molar-refractivity contribution in [1.29, 1.82) is 0 Å². The minimum absolute atomic E-state index is 0.0868. The van der Waals surface area contributed by atoms with Crippen molar-refractivity contribution in [3.8, 4) is 0 Å². The van der Waals surface area contributed by atoms with Gasteiger partial charge in [0.25, 0.3) is 0 Å². The molecule has 2 aliphatic carbocycles. The van der Waals surface area contributed by atoms with Crippen molar-refractivity contribution in [3.63, 3.8) is 0 Å². The molecule has 2 fully saturated rings. The Balaban J connectivity index is 2.42. The van der Waals surface area contributed by atoms with Crippen LogP contribution in [-0.2, 0) is 4.79 Å². The van der Waals surface area contributed by atoms with Gasteiger partial charge < -0.3 is 5.11 Å². The lowest BCUT2D eigenvalue weighted by Gasteiger charge is -2.35. The molecule has 2 nitrogen and oxygen atoms in total. The van der Waals surface area contributed by atoms with Gasteiger partial charge in [0, 0.05) is 24.4 Å². The highest BCUT2D eigenvalue weighted by molar-refractivity contribution is 5.86. The van der Waals surface area contributed by atoms with Crippen LogP contribution < -0.4 is 0 Å². The lowest BCUT2D eigenvalue weighted by molar-refractivity contribution is -0.123. The number of ketones is 1. The van der Waals surface area contributed by atoms with Gasteiger partial charge in [-0.1, -0.05) is 13.8 Å². The van der Waals surface area contributed by atoms with Gasteiger partial charge in [-0.15, -0.1) is 0 Å². The van der Waals surface area contributed by atoms with Gasteiger partial charge in [0.15, 0.2) is 0 Å². The summed E-state index contributed by atoms with van der Waals surface area (Å²) in [7, 11) is 0. The predicted octanol–water partition coefficient (Wildman–Crippen LogP) is 1.37. The number of aliphatic hydroxyl groups is 1. The maximum Gasteiger partial charge on any atom is 0.137 e. The first kappa shape index (κ1) is 8.24. The van der Waals surface area contributed by atoms with Crippen LogP contribution in [0.5, 0.6) is 0 Å². The zero-order chi connectivity index (χ0) is 8.98. The largest absolute Gasteiger partial charge is 0.396 e. The molecule has 1 N–H and O–H groups in total. The fraction of sp³-hybridized carbons (Fsp3) is 0.900. The molecule has 3 atom stereocenters. The fourth-order valence-electron chi connectivity index (χ4n) is 3.10. The van der Waals surface area contributed by atoms with Crippen LogP contribution in [0.15, 0.2) is 0 Å². The molecule has 0 amide bonds. The number of rotatable bonds is 1. The molecule has 12 heavy (non-hydrogen) atoms. The molecule has 2 rings (SSSR count). The number of Topliss-reactive ketones (excluding diaryl/α,β-unsaturated/α-hetero) is 1. The number of hydrogen-bond acceptors (Lipinski definition) is 2. The summed E-state index contributed by atoms with van der Waals surface area (Å²) in [5.74, 6) is 0.521. The van der Waals surface area contributed by atoms with Crippen molar-refractivity contribution in [2.24, 2.45) is 16.7 Å². The normalized spacial score (nSPS) is 51.9. The second-order valence-corrected chi connectivity index (χ2v) is 4.87. The van der Waals surface area contributed by atoms with E-state index in [1.54, 1.807) is 0 Å². The third-order valence-electron chi connectivity index (χ3n) is 4.41. The van der Waals surface area contributed by atoms with Crippen LogP contribution in [0.2, 0.25) is 0 Å². The third kappa shape index (κ3) is 0.674. The van der Waals surface area contributed by atoms with Gasteiger partial charge in [-0.05, 0) is 18.3 Å². The molecule has 2 saturated carbocycles. The first-order chi connectivity index (χ1) is 5.53. The summed E-state index contributed by atoms with van der Waals surface area (Å²) in [5, 5.41) is 9.34. The Bertz CT molecular complexity index is 236. The predicted molar refractivity (Wildman–Crippen MR) is 45.6 cm³/mol. The first-order valence-electron chi connectivity index (χ1n) is 4.67. The first-order valence-corrected chi connectivity index (χ1v) is 4.67. The van der Waals surface area contributed by atoms with Gasteiger partial charge >= 0.3 is 0 Å². The van der Waals surface area contributed by atoms with Crippen LogP contribution in [0.4, 0.5) is 0 Å². The van der Waals surface area contributed by atoms with Crippen LogP contribution in [0.3, 0.4) is 0 Å². The summed E-state index contributed by atoms with van der Waals surface area (Å²) >= 11 is 0. The second kappa shape index (κ2) is 2.11. The van der Waals surface area contributed by atoms with Crippen molar-refractivity contribution >= 4 is 5.78 Å². The zero-order valence-corrected chi connectivity index (χ0v) is 7.76. The van der Waals surface area contributed by atoms with E-state index in [1.807, 2.05) is 0 Å². The molecular formula is C10H16O2. The van der Waals surface area contributed by atoms with Crippen LogP contribution in [0.25, 0.3) is 0 Å². The second-order valence-electron chi connectivity index (χ2n) is 4.87. The van der Waals surface area contributed by atoms with E-state index < -0.39 is 0 Å². The van der Waals surface area contributed by atoms with Gasteiger partial charge in [-0.2, -0.15) is 0 Å². The molecule has 0 aromatic heterocycles. The third-order valence-corrected chi connectivity index (χ3v) is 4.41. The Morgan fingerprint density at radius 2 is 2.25 bits per heavy atom. The van der Waals surface area contributed by atoms with Gasteiger partial charge in [0.05, 0.1) is 0 Å². The molecule has 2 aliphatic rings. The lowest BCUT2D eigenvalue weighted by atomic mass is 9.70. The standard InChI is InChI=1S/C10H16O2/c1-9-4-3-7(8(12)5-9)10(9,2)6-11/h7,11H,3-6H2,1-2H3/t7-,9+,10?/m0/s1. The van der Waals surface area contributed by atoms with Crippen LogP contribution in [0, 0.1) is 16.7 Å². The number of aliphatic hydroxyl groups excluding tert-OH is 1. The quantitative estimate of drug-likeness (QED) is 0.642. The molecule has 0 aliphatic heterocycles. The topological polar surface area (TPSA) is 37.3 Å². The maximum atomic E-state index is 11.5. The van der Waals surface area contributed by atoms with Crippen LogP contribution in [-0.4, -0.2) is 17.5 Å². The van der Waals surface area contributed by atoms with E-state index in [1.165, 1.54) is 0 Å². The Hall–Kier alpha value is -0.370. The van der Waals surface area contributed by atoms with E-state index in [-0.39, 0.29) is 23.4 Å². The summed E-state index contributed by atoms with van der Waals surface area (Å²) in [5.41, 5.74) is -0.0341. The summed E-state index contributed by atoms with van der Waals surface area (Å²) in [4.78, 5) is 11.5. The summed E-state index contributed by atoms with van der Waals surface area (Å²) in [6.07, 6.45) is 2.79. The maximum absolute atomic E-state index is 11.5. The highest BCUT2D eigenvalue weighted by atomic mass is 16.3. The van der Waals surface area contributed by atoms with Gasteiger partial charge in [-0.25, -0.2) is 0 Å². The van der Waals surface area contributed by atoms with E-state index in [4.69, 9.17) is 0 Å². The number of carbonyl (C=O) groups is 1. The molecule has 0 radical (unpaired) electrons. The number of hydrogen-bond donors (Lipinski definition) is 1. The lowest BCUT2D eigenvalue weighted by Crippen LogP contribution is -2.34. The monoisotopic (exact) mass is 168 g/mol. The Labute approximate surface area is 73.0 Å². The van der Waals surface area contributed by atoms with Crippen molar-refractivity contribution in [1.82, 2.24) is 0 Å². The molecule has 2 heteroatoms. The smallest absolute Gasteiger partial charge is 0.137 e. The molecule has 0 spiro atoms. The van der Waals surface area contributed by atoms with Crippen molar-refractivity contribution in [3.05, 3.63) is 0 Å². The summed E-state index contributed by atoms with van der Waals surface area (Å²) < 4.78 is 0. The SMILES string of the molecule is CC1(CO)[C@H]2CC[C@]1(C)CC2=O. The Morgan fingerprint density at radius 1 is 1.58 bits per heavy atom. The molecule has 0 aromatic carbocycles. The molecule has 2 bridgehead atoms. The van der Waals surface area contributed by atoms with Crippen molar-refractivity contribution in [2.75, 3.05) is 6.61 Å². The highest BCUT2D eigenvalue weighted by Gasteiger charge is 2.62. The fourth-order valence-corrected chi connectivity index (χ4v) is 3.10. The van der Waals surface area contributed by atoms with Gasteiger partial charge in [0.1, 0.15) is 5.78 Å². The molecular weight excluding hydrogens is 152 g/mol. The van der Waals surface area contributed by atoms with Crippen molar-refractivity contribution in [2.45, 2.75) is 33.1 Å². The van der Waals surface area contributed by atoms with Gasteiger partial charge in [0.2, 0.25) is 0 Å². The highest BCUT2D eigenvalue weighted by Crippen LogP contribution is 2.63. The van der Waals surface area contributed by atoms with E-state index in [0.717, 1.165) is 12.8 Å². The van der Waals surface area contributed by atoms with Crippen LogP contribution in [0.1, 0.15) is 33.1 Å². The number of fused-ring (bicyclic) bond motifs is 2. The Kier molecular flexibility index (Phi) is 1.45. The number of carbonyl (C=O) groups excluding carboxylic acids is 1. The van der Waals surface area contributed by atoms with Crippen molar-refractivity contribution < 1.29 is 9.90 Å².